The summed E-state index contributed by atoms with van der Waals surface area (Å²) in [5.74, 6) is 0. The first-order valence-electron chi connectivity index (χ1n) is 8.47. The fraction of sp³-hybridized carbons (Fsp3) is 0. The Balaban J connectivity index is 1.86. The Morgan fingerprint density at radius 3 is 1.96 bits per heavy atom. The van der Waals surface area contributed by atoms with Crippen LogP contribution in [0.4, 0.5) is 0 Å². The molecule has 1 heterocycles. The van der Waals surface area contributed by atoms with Gasteiger partial charge in [0.2, 0.25) is 0 Å². The van der Waals surface area contributed by atoms with Crippen molar-refractivity contribution in [1.29, 1.82) is 0 Å². The van der Waals surface area contributed by atoms with Gasteiger partial charge in [0.15, 0.2) is 0 Å². The molecule has 0 bridgehead atoms. The van der Waals surface area contributed by atoms with Crippen molar-refractivity contribution in [3.05, 3.63) is 97.1 Å². The Morgan fingerprint density at radius 1 is 0.440 bits per heavy atom. The number of hydrogen-bond donors (Lipinski definition) is 0. The van der Waals surface area contributed by atoms with Crippen molar-refractivity contribution in [3.63, 3.8) is 0 Å². The van der Waals surface area contributed by atoms with E-state index in [1.165, 1.54) is 41.5 Å². The fourth-order valence-electron chi connectivity index (χ4n) is 3.59. The summed E-state index contributed by atoms with van der Waals surface area (Å²) in [7, 11) is 0. The molecule has 0 aliphatic rings. The molecule has 0 atom stereocenters. The molecule has 0 radical (unpaired) electrons. The molecular weight excluding hydrogens is 367 g/mol. The second-order valence-corrected chi connectivity index (χ2v) is 8.46. The Kier molecular flexibility index (Phi) is 3.56. The minimum atomic E-state index is 0.406. The molecule has 0 spiro atoms. The van der Waals surface area contributed by atoms with E-state index in [0.29, 0.717) is 14.5 Å². The van der Waals surface area contributed by atoms with Gasteiger partial charge in [-0.15, -0.1) is 0 Å². The Bertz CT molecular complexity index is 1180. The van der Waals surface area contributed by atoms with Gasteiger partial charge < -0.3 is 0 Å². The van der Waals surface area contributed by atoms with Gasteiger partial charge in [-0.3, -0.25) is 0 Å². The predicted molar refractivity (Wildman–Crippen MR) is 109 cm³/mol. The van der Waals surface area contributed by atoms with Crippen molar-refractivity contribution in [2.75, 3.05) is 0 Å². The molecule has 118 valence electrons. The van der Waals surface area contributed by atoms with Crippen LogP contribution in [0.3, 0.4) is 0 Å². The second-order valence-electron chi connectivity index (χ2n) is 6.19. The topological polar surface area (TPSA) is 0 Å². The van der Waals surface area contributed by atoms with Crippen LogP contribution in [0.2, 0.25) is 0 Å². The first-order chi connectivity index (χ1) is 12.4. The Morgan fingerprint density at radius 2 is 1.08 bits per heavy atom. The quantitative estimate of drug-likeness (QED) is 0.310. The Hall–Kier alpha value is -2.60. The van der Waals surface area contributed by atoms with Crippen LogP contribution in [0, 0.1) is 0 Å². The van der Waals surface area contributed by atoms with E-state index in [0.717, 1.165) is 0 Å². The second kappa shape index (κ2) is 6.04. The van der Waals surface area contributed by atoms with Crippen LogP contribution < -0.4 is 0 Å². The van der Waals surface area contributed by atoms with Gasteiger partial charge in [0.25, 0.3) is 0 Å². The first kappa shape index (κ1) is 14.7. The van der Waals surface area contributed by atoms with E-state index in [4.69, 9.17) is 0 Å². The summed E-state index contributed by atoms with van der Waals surface area (Å²) in [5, 5.41) is 2.84. The van der Waals surface area contributed by atoms with Crippen LogP contribution in [0.1, 0.15) is 0 Å². The SMILES string of the molecule is c1ccc(-c2ccccc2-c2cccc3[se]c4ccccc4c23)cc1. The maximum absolute atomic E-state index is 2.30. The monoisotopic (exact) mass is 384 g/mol. The fourth-order valence-corrected chi connectivity index (χ4v) is 5.96. The summed E-state index contributed by atoms with van der Waals surface area (Å²) in [6.07, 6.45) is 0. The molecule has 0 fully saturated rings. The normalized spacial score (nSPS) is 11.2. The maximum atomic E-state index is 2.30. The van der Waals surface area contributed by atoms with Gasteiger partial charge in [-0.25, -0.2) is 0 Å². The summed E-state index contributed by atoms with van der Waals surface area (Å²) >= 11 is 0.406. The first-order valence-corrected chi connectivity index (χ1v) is 10.2. The van der Waals surface area contributed by atoms with E-state index >= 15 is 0 Å². The van der Waals surface area contributed by atoms with E-state index in [2.05, 4.69) is 97.1 Å². The standard InChI is InChI=1S/C24H16Se/c1-2-9-17(10-3-1)18-11-4-5-12-19(18)20-14-8-16-23-24(20)21-13-6-7-15-22(21)25-23/h1-16H. The van der Waals surface area contributed by atoms with Crippen LogP contribution in [0.25, 0.3) is 41.5 Å². The molecule has 0 nitrogen and oxygen atoms in total. The van der Waals surface area contributed by atoms with E-state index in [-0.39, 0.29) is 0 Å². The number of benzene rings is 4. The van der Waals surface area contributed by atoms with Crippen LogP contribution in [0.15, 0.2) is 97.1 Å². The molecule has 4 aromatic carbocycles. The van der Waals surface area contributed by atoms with Crippen molar-refractivity contribution in [3.8, 4) is 22.3 Å². The van der Waals surface area contributed by atoms with Gasteiger partial charge in [0, 0.05) is 0 Å². The molecule has 25 heavy (non-hydrogen) atoms. The molecule has 0 saturated heterocycles. The number of fused-ring (bicyclic) bond motifs is 3. The van der Waals surface area contributed by atoms with Crippen molar-refractivity contribution < 1.29 is 0 Å². The molecular formula is C24H16Se. The summed E-state index contributed by atoms with van der Waals surface area (Å²) in [4.78, 5) is 0. The molecule has 0 unspecified atom stereocenters. The zero-order valence-corrected chi connectivity index (χ0v) is 15.4. The van der Waals surface area contributed by atoms with Crippen molar-refractivity contribution in [2.24, 2.45) is 0 Å². The molecule has 0 saturated carbocycles. The van der Waals surface area contributed by atoms with Gasteiger partial charge in [0.1, 0.15) is 0 Å². The third-order valence-corrected chi connectivity index (χ3v) is 7.09. The molecule has 0 aliphatic heterocycles. The van der Waals surface area contributed by atoms with E-state index < -0.39 is 0 Å². The average Bonchev–Trinajstić information content (AvgIpc) is 3.07. The van der Waals surface area contributed by atoms with E-state index in [9.17, 15) is 0 Å². The summed E-state index contributed by atoms with van der Waals surface area (Å²) in [5.41, 5.74) is 5.24. The van der Waals surface area contributed by atoms with Crippen LogP contribution in [0.5, 0.6) is 0 Å². The summed E-state index contributed by atoms with van der Waals surface area (Å²) < 4.78 is 2.99. The van der Waals surface area contributed by atoms with Gasteiger partial charge >= 0.3 is 153 Å². The van der Waals surface area contributed by atoms with Gasteiger partial charge in [-0.2, -0.15) is 0 Å². The molecule has 1 aromatic heterocycles. The van der Waals surface area contributed by atoms with Crippen molar-refractivity contribution >= 4 is 33.8 Å². The zero-order valence-electron chi connectivity index (χ0n) is 13.6. The van der Waals surface area contributed by atoms with Gasteiger partial charge in [-0.05, 0) is 0 Å². The molecule has 0 N–H and O–H groups in total. The third kappa shape index (κ3) is 2.44. The average molecular weight is 383 g/mol. The van der Waals surface area contributed by atoms with E-state index in [1.54, 1.807) is 0 Å². The molecule has 1 heteroatoms. The molecule has 5 aromatic rings. The predicted octanol–water partition coefficient (Wildman–Crippen LogP) is 6.38. The Labute approximate surface area is 153 Å². The van der Waals surface area contributed by atoms with E-state index in [1.807, 2.05) is 0 Å². The van der Waals surface area contributed by atoms with Crippen molar-refractivity contribution in [1.82, 2.24) is 0 Å². The van der Waals surface area contributed by atoms with Crippen LogP contribution in [-0.2, 0) is 0 Å². The summed E-state index contributed by atoms with van der Waals surface area (Å²) in [6, 6.07) is 35.1. The van der Waals surface area contributed by atoms with Gasteiger partial charge in [-0.1, -0.05) is 0 Å². The molecule has 0 aliphatic carbocycles. The molecule has 5 rings (SSSR count). The number of rotatable bonds is 2. The van der Waals surface area contributed by atoms with Crippen LogP contribution in [-0.4, -0.2) is 14.5 Å². The van der Waals surface area contributed by atoms with Crippen molar-refractivity contribution in [2.45, 2.75) is 0 Å². The van der Waals surface area contributed by atoms with Gasteiger partial charge in [0.05, 0.1) is 0 Å². The minimum absolute atomic E-state index is 0.406. The third-order valence-electron chi connectivity index (χ3n) is 4.70. The molecule has 0 amide bonds. The zero-order chi connectivity index (χ0) is 16.6. The number of hydrogen-bond acceptors (Lipinski definition) is 0. The van der Waals surface area contributed by atoms with Crippen LogP contribution >= 0.6 is 0 Å². The summed E-state index contributed by atoms with van der Waals surface area (Å²) in [6.45, 7) is 0.